The molecule has 1 fully saturated rings. The number of likely N-dealkylation sites (tertiary alicyclic amines) is 1. The third-order valence-electron chi connectivity index (χ3n) is 4.19. The lowest BCUT2D eigenvalue weighted by Gasteiger charge is -2.24. The molecule has 110 valence electrons. The summed E-state index contributed by atoms with van der Waals surface area (Å²) in [6, 6.07) is 6.11. The monoisotopic (exact) mass is 276 g/mol. The molecule has 4 heteroatoms. The molecular weight excluding hydrogens is 252 g/mol. The summed E-state index contributed by atoms with van der Waals surface area (Å²) in [5.41, 5.74) is 3.13. The van der Waals surface area contributed by atoms with E-state index in [9.17, 15) is 9.90 Å². The van der Waals surface area contributed by atoms with Crippen LogP contribution in [0, 0.1) is 19.8 Å². The van der Waals surface area contributed by atoms with Gasteiger partial charge in [0.25, 0.3) is 0 Å². The van der Waals surface area contributed by atoms with E-state index in [1.54, 1.807) is 0 Å². The standard InChI is InChI=1S/C16H24N2O2/c1-11-4-5-14(13(3)8-11)17-16(20)9-18-7-6-12(2)15(18)10-19/h4-5,8,12,15,19H,6-7,9-10H2,1-3H3,(H,17,20). The van der Waals surface area contributed by atoms with Crippen LogP contribution in [0.1, 0.15) is 24.5 Å². The maximum absolute atomic E-state index is 12.1. The van der Waals surface area contributed by atoms with Gasteiger partial charge in [-0.15, -0.1) is 0 Å². The van der Waals surface area contributed by atoms with E-state index in [1.165, 1.54) is 5.56 Å². The lowest BCUT2D eigenvalue weighted by molar-refractivity contribution is -0.117. The van der Waals surface area contributed by atoms with Crippen LogP contribution >= 0.6 is 0 Å². The number of aliphatic hydroxyl groups is 1. The van der Waals surface area contributed by atoms with Gasteiger partial charge in [-0.3, -0.25) is 9.69 Å². The topological polar surface area (TPSA) is 52.6 Å². The lowest BCUT2D eigenvalue weighted by atomic mass is 10.0. The highest BCUT2D eigenvalue weighted by atomic mass is 16.3. The molecule has 0 spiro atoms. The summed E-state index contributed by atoms with van der Waals surface area (Å²) in [6.07, 6.45) is 1.04. The number of anilines is 1. The molecule has 20 heavy (non-hydrogen) atoms. The Morgan fingerprint density at radius 2 is 2.20 bits per heavy atom. The number of nitrogens with one attached hydrogen (secondary N) is 1. The number of rotatable bonds is 4. The van der Waals surface area contributed by atoms with Crippen LogP contribution in [-0.4, -0.2) is 41.7 Å². The summed E-state index contributed by atoms with van der Waals surface area (Å²) in [6.45, 7) is 7.52. The minimum Gasteiger partial charge on any atom is -0.395 e. The van der Waals surface area contributed by atoms with Gasteiger partial charge in [0.2, 0.25) is 5.91 Å². The lowest BCUT2D eigenvalue weighted by Crippen LogP contribution is -2.40. The zero-order chi connectivity index (χ0) is 14.7. The second-order valence-electron chi connectivity index (χ2n) is 5.85. The van der Waals surface area contributed by atoms with Crippen LogP contribution in [-0.2, 0) is 4.79 Å². The maximum Gasteiger partial charge on any atom is 0.238 e. The molecule has 4 nitrogen and oxygen atoms in total. The van der Waals surface area contributed by atoms with Crippen LogP contribution in [0.15, 0.2) is 18.2 Å². The number of carbonyl (C=O) groups is 1. The summed E-state index contributed by atoms with van der Waals surface area (Å²) in [5, 5.41) is 12.4. The van der Waals surface area contributed by atoms with Gasteiger partial charge >= 0.3 is 0 Å². The van der Waals surface area contributed by atoms with Gasteiger partial charge in [-0.05, 0) is 44.4 Å². The van der Waals surface area contributed by atoms with Gasteiger partial charge in [-0.2, -0.15) is 0 Å². The normalized spacial score (nSPS) is 23.0. The highest BCUT2D eigenvalue weighted by Crippen LogP contribution is 2.23. The van der Waals surface area contributed by atoms with Crippen molar-refractivity contribution in [2.45, 2.75) is 33.2 Å². The number of amides is 1. The SMILES string of the molecule is Cc1ccc(NC(=O)CN2CCC(C)C2CO)c(C)c1. The molecule has 0 saturated carbocycles. The first-order chi connectivity index (χ1) is 9.51. The van der Waals surface area contributed by atoms with Crippen LogP contribution in [0.3, 0.4) is 0 Å². The van der Waals surface area contributed by atoms with E-state index < -0.39 is 0 Å². The van der Waals surface area contributed by atoms with Gasteiger partial charge in [0, 0.05) is 11.7 Å². The van der Waals surface area contributed by atoms with Crippen molar-refractivity contribution in [3.63, 3.8) is 0 Å². The van der Waals surface area contributed by atoms with Crippen molar-refractivity contribution in [1.82, 2.24) is 4.90 Å². The summed E-state index contributed by atoms with van der Waals surface area (Å²) in [5.74, 6) is 0.443. The van der Waals surface area contributed by atoms with E-state index in [1.807, 2.05) is 26.0 Å². The Kier molecular flexibility index (Phi) is 4.78. The van der Waals surface area contributed by atoms with Crippen LogP contribution in [0.4, 0.5) is 5.69 Å². The molecule has 1 saturated heterocycles. The molecule has 1 aliphatic rings. The highest BCUT2D eigenvalue weighted by molar-refractivity contribution is 5.93. The molecule has 1 aromatic rings. The molecule has 2 rings (SSSR count). The van der Waals surface area contributed by atoms with E-state index in [4.69, 9.17) is 0 Å². The average molecular weight is 276 g/mol. The Morgan fingerprint density at radius 3 is 2.85 bits per heavy atom. The van der Waals surface area contributed by atoms with Crippen molar-refractivity contribution >= 4 is 11.6 Å². The fraction of sp³-hybridized carbons (Fsp3) is 0.562. The molecule has 0 aromatic heterocycles. The molecule has 1 aliphatic heterocycles. The third-order valence-corrected chi connectivity index (χ3v) is 4.19. The zero-order valence-corrected chi connectivity index (χ0v) is 12.5. The largest absolute Gasteiger partial charge is 0.395 e. The third kappa shape index (κ3) is 3.38. The molecule has 0 radical (unpaired) electrons. The van der Waals surface area contributed by atoms with Crippen molar-refractivity contribution in [3.8, 4) is 0 Å². The Balaban J connectivity index is 1.95. The number of aliphatic hydroxyl groups excluding tert-OH is 1. The average Bonchev–Trinajstić information content (AvgIpc) is 2.73. The molecule has 0 aliphatic carbocycles. The van der Waals surface area contributed by atoms with Crippen molar-refractivity contribution in [2.75, 3.05) is 25.0 Å². The molecule has 2 atom stereocenters. The highest BCUT2D eigenvalue weighted by Gasteiger charge is 2.31. The van der Waals surface area contributed by atoms with Gasteiger partial charge in [0.15, 0.2) is 0 Å². The van der Waals surface area contributed by atoms with E-state index in [-0.39, 0.29) is 18.6 Å². The molecule has 2 N–H and O–H groups in total. The summed E-state index contributed by atoms with van der Waals surface area (Å²) < 4.78 is 0. The minimum atomic E-state index is -0.00972. The number of nitrogens with zero attached hydrogens (tertiary/aromatic N) is 1. The molecule has 1 aromatic carbocycles. The zero-order valence-electron chi connectivity index (χ0n) is 12.5. The predicted octanol–water partition coefficient (Wildman–Crippen LogP) is 1.94. The van der Waals surface area contributed by atoms with Gasteiger partial charge in [-0.25, -0.2) is 0 Å². The Hall–Kier alpha value is -1.39. The Labute approximate surface area is 120 Å². The quantitative estimate of drug-likeness (QED) is 0.883. The molecule has 2 unspecified atom stereocenters. The van der Waals surface area contributed by atoms with Crippen LogP contribution in [0.5, 0.6) is 0 Å². The fourth-order valence-corrected chi connectivity index (χ4v) is 2.91. The van der Waals surface area contributed by atoms with Gasteiger partial charge in [-0.1, -0.05) is 24.6 Å². The van der Waals surface area contributed by atoms with Gasteiger partial charge in [0.1, 0.15) is 0 Å². The van der Waals surface area contributed by atoms with Crippen molar-refractivity contribution in [3.05, 3.63) is 29.3 Å². The predicted molar refractivity (Wildman–Crippen MR) is 80.8 cm³/mol. The minimum absolute atomic E-state index is 0.00972. The first-order valence-electron chi connectivity index (χ1n) is 7.23. The summed E-state index contributed by atoms with van der Waals surface area (Å²) in [4.78, 5) is 14.2. The molecule has 1 heterocycles. The van der Waals surface area contributed by atoms with Crippen LogP contribution < -0.4 is 5.32 Å². The number of hydrogen-bond acceptors (Lipinski definition) is 3. The number of hydrogen-bond donors (Lipinski definition) is 2. The Morgan fingerprint density at radius 1 is 1.45 bits per heavy atom. The van der Waals surface area contributed by atoms with Crippen molar-refractivity contribution in [2.24, 2.45) is 5.92 Å². The van der Waals surface area contributed by atoms with E-state index in [2.05, 4.69) is 23.2 Å². The van der Waals surface area contributed by atoms with Gasteiger partial charge < -0.3 is 10.4 Å². The molecule has 0 bridgehead atoms. The first-order valence-corrected chi connectivity index (χ1v) is 7.23. The van der Waals surface area contributed by atoms with E-state index in [0.29, 0.717) is 12.5 Å². The fourth-order valence-electron chi connectivity index (χ4n) is 2.91. The van der Waals surface area contributed by atoms with Crippen LogP contribution in [0.2, 0.25) is 0 Å². The van der Waals surface area contributed by atoms with Crippen molar-refractivity contribution < 1.29 is 9.90 Å². The number of aryl methyl sites for hydroxylation is 2. The first kappa shape index (κ1) is 15.0. The number of benzene rings is 1. The van der Waals surface area contributed by atoms with E-state index >= 15 is 0 Å². The number of carbonyl (C=O) groups excluding carboxylic acids is 1. The summed E-state index contributed by atoms with van der Waals surface area (Å²) in [7, 11) is 0. The van der Waals surface area contributed by atoms with Crippen molar-refractivity contribution in [1.29, 1.82) is 0 Å². The smallest absolute Gasteiger partial charge is 0.238 e. The molecule has 1 amide bonds. The van der Waals surface area contributed by atoms with E-state index in [0.717, 1.165) is 24.2 Å². The second-order valence-corrected chi connectivity index (χ2v) is 5.85. The summed E-state index contributed by atoms with van der Waals surface area (Å²) >= 11 is 0. The molecular formula is C16H24N2O2. The second kappa shape index (κ2) is 6.37. The maximum atomic E-state index is 12.1. The van der Waals surface area contributed by atoms with Crippen LogP contribution in [0.25, 0.3) is 0 Å². The Bertz CT molecular complexity index is 487. The van der Waals surface area contributed by atoms with Gasteiger partial charge in [0.05, 0.1) is 13.2 Å².